The minimum absolute atomic E-state index is 0.808. The van der Waals surface area contributed by atoms with E-state index in [9.17, 15) is 0 Å². The highest BCUT2D eigenvalue weighted by atomic mass is 15.1. The molecule has 0 fully saturated rings. The van der Waals surface area contributed by atoms with Gasteiger partial charge in [0.2, 0.25) is 0 Å². The van der Waals surface area contributed by atoms with Gasteiger partial charge < -0.3 is 16.0 Å². The third-order valence-corrected chi connectivity index (χ3v) is 4.80. The molecule has 3 N–H and O–H groups in total. The van der Waals surface area contributed by atoms with E-state index >= 15 is 0 Å². The second-order valence-corrected chi connectivity index (χ2v) is 6.83. The van der Waals surface area contributed by atoms with Crippen LogP contribution < -0.4 is 16.0 Å². The monoisotopic (exact) mass is 351 g/mol. The number of anilines is 3. The van der Waals surface area contributed by atoms with Gasteiger partial charge in [-0.1, -0.05) is 62.8 Å². The molecule has 0 aromatic heterocycles. The van der Waals surface area contributed by atoms with E-state index in [0.29, 0.717) is 0 Å². The van der Waals surface area contributed by atoms with Crippen LogP contribution in [0.4, 0.5) is 17.1 Å². The van der Waals surface area contributed by atoms with Crippen LogP contribution in [0.15, 0.2) is 54.6 Å². The molecule has 2 rings (SSSR count). The number of rotatable bonds is 10. The first kappa shape index (κ1) is 19.9. The molecule has 0 saturated heterocycles. The van der Waals surface area contributed by atoms with E-state index in [1.165, 1.54) is 22.4 Å². The highest BCUT2D eigenvalue weighted by molar-refractivity contribution is 5.75. The van der Waals surface area contributed by atoms with Crippen LogP contribution in [0.3, 0.4) is 0 Å². The van der Waals surface area contributed by atoms with Gasteiger partial charge in [0.1, 0.15) is 0 Å². The summed E-state index contributed by atoms with van der Waals surface area (Å²) in [6, 6.07) is 15.0. The maximum atomic E-state index is 6.20. The summed E-state index contributed by atoms with van der Waals surface area (Å²) in [4.78, 5) is 2.47. The highest BCUT2D eigenvalue weighted by Gasteiger charge is 2.14. The van der Waals surface area contributed by atoms with E-state index in [0.717, 1.165) is 50.1 Å². The van der Waals surface area contributed by atoms with Crippen LogP contribution in [0, 0.1) is 0 Å². The van der Waals surface area contributed by atoms with Crippen molar-refractivity contribution < 1.29 is 0 Å². The fourth-order valence-electron chi connectivity index (χ4n) is 3.31. The van der Waals surface area contributed by atoms with Crippen molar-refractivity contribution in [2.45, 2.75) is 46.1 Å². The van der Waals surface area contributed by atoms with E-state index in [4.69, 9.17) is 5.73 Å². The summed E-state index contributed by atoms with van der Waals surface area (Å²) in [5.74, 6) is 0. The Labute approximate surface area is 158 Å². The zero-order valence-electron chi connectivity index (χ0n) is 16.5. The molecular formula is C23H33N3. The highest BCUT2D eigenvalue weighted by Crippen LogP contribution is 2.32. The van der Waals surface area contributed by atoms with Crippen LogP contribution in [-0.2, 0) is 13.0 Å². The lowest BCUT2D eigenvalue weighted by atomic mass is 10.0. The van der Waals surface area contributed by atoms with E-state index < -0.39 is 0 Å². The zero-order valence-corrected chi connectivity index (χ0v) is 16.5. The largest absolute Gasteiger partial charge is 0.397 e. The zero-order chi connectivity index (χ0) is 18.9. The maximum Gasteiger partial charge on any atom is 0.0592 e. The molecule has 0 aliphatic rings. The van der Waals surface area contributed by atoms with Crippen molar-refractivity contribution in [1.82, 2.24) is 0 Å². The second kappa shape index (κ2) is 9.91. The van der Waals surface area contributed by atoms with Gasteiger partial charge in [-0.3, -0.25) is 0 Å². The number of hydrogen-bond donors (Lipinski definition) is 2. The van der Waals surface area contributed by atoms with Crippen LogP contribution in [0.1, 0.15) is 44.2 Å². The number of benzene rings is 2. The Morgan fingerprint density at radius 3 is 2.46 bits per heavy atom. The molecule has 140 valence electrons. The predicted molar refractivity (Wildman–Crippen MR) is 116 cm³/mol. The van der Waals surface area contributed by atoms with Crippen molar-refractivity contribution in [1.29, 1.82) is 0 Å². The van der Waals surface area contributed by atoms with Crippen LogP contribution in [0.5, 0.6) is 0 Å². The van der Waals surface area contributed by atoms with Crippen molar-refractivity contribution in [2.24, 2.45) is 0 Å². The summed E-state index contributed by atoms with van der Waals surface area (Å²) in [5.41, 5.74) is 13.2. The Balaban J connectivity index is 2.34. The first-order valence-electron chi connectivity index (χ1n) is 9.64. The average molecular weight is 352 g/mol. The molecule has 2 aromatic carbocycles. The van der Waals surface area contributed by atoms with Gasteiger partial charge in [0.15, 0.2) is 0 Å². The molecular weight excluding hydrogens is 318 g/mol. The molecule has 0 unspecified atom stereocenters. The van der Waals surface area contributed by atoms with E-state index in [2.05, 4.69) is 73.1 Å². The minimum Gasteiger partial charge on any atom is -0.397 e. The smallest absolute Gasteiger partial charge is 0.0592 e. The molecule has 0 spiro atoms. The first-order valence-corrected chi connectivity index (χ1v) is 9.64. The molecule has 0 bridgehead atoms. The minimum atomic E-state index is 0.808. The van der Waals surface area contributed by atoms with Gasteiger partial charge in [0.25, 0.3) is 0 Å². The Kier molecular flexibility index (Phi) is 7.58. The maximum absolute atomic E-state index is 6.20. The summed E-state index contributed by atoms with van der Waals surface area (Å²) >= 11 is 0. The first-order chi connectivity index (χ1) is 12.6. The molecule has 0 aliphatic heterocycles. The van der Waals surface area contributed by atoms with Gasteiger partial charge in [-0.2, -0.15) is 0 Å². The Morgan fingerprint density at radius 2 is 1.85 bits per heavy atom. The quantitative estimate of drug-likeness (QED) is 0.431. The Hall–Kier alpha value is -2.42. The summed E-state index contributed by atoms with van der Waals surface area (Å²) in [7, 11) is 1.92. The lowest BCUT2D eigenvalue weighted by Crippen LogP contribution is -2.25. The molecule has 3 nitrogen and oxygen atoms in total. The van der Waals surface area contributed by atoms with Crippen molar-refractivity contribution >= 4 is 17.1 Å². The van der Waals surface area contributed by atoms with Gasteiger partial charge in [0, 0.05) is 25.8 Å². The number of nitrogens with zero attached hydrogens (tertiary/aromatic N) is 1. The van der Waals surface area contributed by atoms with E-state index in [1.54, 1.807) is 0 Å². The SMILES string of the molecule is C=C(CCC)CCN(Cc1ccccc1)c1cc(NC)c(N)cc1CC. The fourth-order valence-corrected chi connectivity index (χ4v) is 3.31. The number of hydrogen-bond acceptors (Lipinski definition) is 3. The molecule has 0 atom stereocenters. The summed E-state index contributed by atoms with van der Waals surface area (Å²) < 4.78 is 0. The van der Waals surface area contributed by atoms with Gasteiger partial charge in [-0.15, -0.1) is 0 Å². The number of nitrogen functional groups attached to an aromatic ring is 1. The lowest BCUT2D eigenvalue weighted by Gasteiger charge is -2.29. The Bertz CT molecular complexity index is 707. The van der Waals surface area contributed by atoms with Crippen molar-refractivity contribution in [3.8, 4) is 0 Å². The van der Waals surface area contributed by atoms with Crippen molar-refractivity contribution in [2.75, 3.05) is 29.5 Å². The van der Waals surface area contributed by atoms with E-state index in [1.807, 2.05) is 7.05 Å². The van der Waals surface area contributed by atoms with Gasteiger partial charge in [-0.25, -0.2) is 0 Å². The van der Waals surface area contributed by atoms with Crippen LogP contribution >= 0.6 is 0 Å². The normalized spacial score (nSPS) is 10.6. The van der Waals surface area contributed by atoms with Gasteiger partial charge in [-0.05, 0) is 42.5 Å². The number of aryl methyl sites for hydroxylation is 1. The standard InChI is InChI=1S/C23H33N3/c1-5-10-18(3)13-14-26(17-19-11-8-7-9-12-19)23-16-22(25-4)21(24)15-20(23)6-2/h7-9,11-12,15-16,25H,3,5-6,10,13-14,17,24H2,1-2,4H3. The molecule has 0 radical (unpaired) electrons. The summed E-state index contributed by atoms with van der Waals surface area (Å²) in [6.45, 7) is 10.5. The average Bonchev–Trinajstić information content (AvgIpc) is 2.66. The van der Waals surface area contributed by atoms with Crippen molar-refractivity contribution in [3.63, 3.8) is 0 Å². The molecule has 0 aliphatic carbocycles. The van der Waals surface area contributed by atoms with Gasteiger partial charge in [0.05, 0.1) is 11.4 Å². The molecule has 2 aromatic rings. The van der Waals surface area contributed by atoms with Crippen LogP contribution in [0.2, 0.25) is 0 Å². The van der Waals surface area contributed by atoms with Gasteiger partial charge >= 0.3 is 0 Å². The third kappa shape index (κ3) is 5.29. The Morgan fingerprint density at radius 1 is 1.12 bits per heavy atom. The van der Waals surface area contributed by atoms with Crippen molar-refractivity contribution in [3.05, 3.63) is 65.7 Å². The molecule has 0 amide bonds. The fraction of sp³-hybridized carbons (Fsp3) is 0.391. The topological polar surface area (TPSA) is 41.3 Å². The molecule has 3 heteroatoms. The number of nitrogens with two attached hydrogens (primary N) is 1. The molecule has 0 saturated carbocycles. The van der Waals surface area contributed by atoms with Crippen LogP contribution in [-0.4, -0.2) is 13.6 Å². The second-order valence-electron chi connectivity index (χ2n) is 6.83. The summed E-state index contributed by atoms with van der Waals surface area (Å²) in [6.07, 6.45) is 4.24. The number of nitrogens with one attached hydrogen (secondary N) is 1. The lowest BCUT2D eigenvalue weighted by molar-refractivity contribution is 0.745. The van der Waals surface area contributed by atoms with Crippen LogP contribution in [0.25, 0.3) is 0 Å². The van der Waals surface area contributed by atoms with E-state index in [-0.39, 0.29) is 0 Å². The summed E-state index contributed by atoms with van der Waals surface area (Å²) in [5, 5.41) is 3.22. The predicted octanol–water partition coefficient (Wildman–Crippen LogP) is 5.63. The molecule has 26 heavy (non-hydrogen) atoms. The third-order valence-electron chi connectivity index (χ3n) is 4.80. The molecule has 0 heterocycles.